The van der Waals surface area contributed by atoms with E-state index in [4.69, 9.17) is 9.47 Å². The molecular formula is C26H23FN2O6S. The zero-order valence-corrected chi connectivity index (χ0v) is 20.6. The van der Waals surface area contributed by atoms with Crippen LogP contribution in [0.5, 0.6) is 5.75 Å². The molecule has 8 nitrogen and oxygen atoms in total. The Labute approximate surface area is 210 Å². The largest absolute Gasteiger partial charge is 0.507 e. The van der Waals surface area contributed by atoms with Crippen LogP contribution in [0.1, 0.15) is 46.4 Å². The highest BCUT2D eigenvalue weighted by molar-refractivity contribution is 7.17. The van der Waals surface area contributed by atoms with E-state index in [-0.39, 0.29) is 27.8 Å². The topological polar surface area (TPSA) is 106 Å². The third-order valence-electron chi connectivity index (χ3n) is 5.50. The van der Waals surface area contributed by atoms with E-state index in [0.29, 0.717) is 23.6 Å². The highest BCUT2D eigenvalue weighted by atomic mass is 32.1. The number of ketones is 1. The first-order valence-corrected chi connectivity index (χ1v) is 12.0. The van der Waals surface area contributed by atoms with E-state index in [1.54, 1.807) is 38.1 Å². The first kappa shape index (κ1) is 25.1. The van der Waals surface area contributed by atoms with Crippen molar-refractivity contribution < 1.29 is 33.4 Å². The van der Waals surface area contributed by atoms with E-state index >= 15 is 0 Å². The van der Waals surface area contributed by atoms with Crippen molar-refractivity contribution in [2.24, 2.45) is 0 Å². The standard InChI is InChI=1S/C26H23FN2O6S/c1-4-34-18-8-6-7-16(13-18)20-19(21(30)15-9-11-17(27)12-10-15)22(31)24(32)29(20)26-28-14(3)23(36-26)25(33)35-5-2/h6-13,20,30H,4-5H2,1-3H3. The number of aryl methyl sites for hydroxylation is 1. The molecule has 0 radical (unpaired) electrons. The first-order valence-electron chi connectivity index (χ1n) is 11.2. The van der Waals surface area contributed by atoms with Crippen molar-refractivity contribution in [2.75, 3.05) is 18.1 Å². The summed E-state index contributed by atoms with van der Waals surface area (Å²) in [4.78, 5) is 44.7. The number of hydrogen-bond acceptors (Lipinski definition) is 8. The van der Waals surface area contributed by atoms with E-state index < -0.39 is 35.3 Å². The number of amides is 1. The fourth-order valence-electron chi connectivity index (χ4n) is 3.92. The van der Waals surface area contributed by atoms with Crippen LogP contribution in [0.25, 0.3) is 5.76 Å². The van der Waals surface area contributed by atoms with Gasteiger partial charge >= 0.3 is 11.9 Å². The van der Waals surface area contributed by atoms with Gasteiger partial charge in [0.05, 0.1) is 30.5 Å². The molecule has 4 rings (SSSR count). The highest BCUT2D eigenvalue weighted by Crippen LogP contribution is 2.44. The molecule has 0 saturated carbocycles. The molecule has 1 fully saturated rings. The second kappa shape index (κ2) is 10.3. The number of Topliss-reactive ketones (excluding diaryl/α,β-unsaturated/α-hetero) is 1. The summed E-state index contributed by atoms with van der Waals surface area (Å²) < 4.78 is 24.2. The summed E-state index contributed by atoms with van der Waals surface area (Å²) in [5, 5.41) is 11.2. The number of esters is 1. The van der Waals surface area contributed by atoms with E-state index in [2.05, 4.69) is 4.98 Å². The molecule has 186 valence electrons. The summed E-state index contributed by atoms with van der Waals surface area (Å²) in [7, 11) is 0. The van der Waals surface area contributed by atoms with Gasteiger partial charge in [0, 0.05) is 5.56 Å². The molecule has 1 N–H and O–H groups in total. The molecule has 2 heterocycles. The second-order valence-electron chi connectivity index (χ2n) is 7.81. The van der Waals surface area contributed by atoms with Crippen molar-refractivity contribution in [3.8, 4) is 5.75 Å². The lowest BCUT2D eigenvalue weighted by Gasteiger charge is -2.23. The van der Waals surface area contributed by atoms with Crippen molar-refractivity contribution in [3.05, 3.63) is 81.6 Å². The van der Waals surface area contributed by atoms with Crippen molar-refractivity contribution in [3.63, 3.8) is 0 Å². The van der Waals surface area contributed by atoms with Crippen LogP contribution in [0.3, 0.4) is 0 Å². The quantitative estimate of drug-likeness (QED) is 0.211. The molecule has 1 unspecified atom stereocenters. The molecule has 1 saturated heterocycles. The van der Waals surface area contributed by atoms with Crippen LogP contribution in [0.4, 0.5) is 9.52 Å². The van der Waals surface area contributed by atoms with Crippen LogP contribution in [0, 0.1) is 12.7 Å². The van der Waals surface area contributed by atoms with Gasteiger partial charge in [0.1, 0.15) is 22.2 Å². The lowest BCUT2D eigenvalue weighted by molar-refractivity contribution is -0.132. The van der Waals surface area contributed by atoms with Gasteiger partial charge in [-0.15, -0.1) is 0 Å². The van der Waals surface area contributed by atoms with Crippen LogP contribution in [-0.2, 0) is 14.3 Å². The molecule has 1 amide bonds. The Morgan fingerprint density at radius 3 is 2.53 bits per heavy atom. The lowest BCUT2D eigenvalue weighted by Crippen LogP contribution is -2.29. The van der Waals surface area contributed by atoms with Gasteiger partial charge in [0.25, 0.3) is 5.78 Å². The van der Waals surface area contributed by atoms with Gasteiger partial charge in [0.2, 0.25) is 0 Å². The van der Waals surface area contributed by atoms with Crippen molar-refractivity contribution in [1.29, 1.82) is 0 Å². The molecule has 0 spiro atoms. The van der Waals surface area contributed by atoms with Gasteiger partial charge in [-0.05, 0) is 62.7 Å². The van der Waals surface area contributed by atoms with E-state index in [0.717, 1.165) is 28.4 Å². The van der Waals surface area contributed by atoms with E-state index in [1.165, 1.54) is 12.1 Å². The van der Waals surface area contributed by atoms with Gasteiger partial charge in [-0.3, -0.25) is 14.5 Å². The molecule has 1 aromatic heterocycles. The van der Waals surface area contributed by atoms with Crippen molar-refractivity contribution >= 4 is 39.9 Å². The van der Waals surface area contributed by atoms with Crippen LogP contribution in [0.15, 0.2) is 54.1 Å². The van der Waals surface area contributed by atoms with Crippen LogP contribution < -0.4 is 9.64 Å². The number of aliphatic hydroxyl groups excluding tert-OH is 1. The number of benzene rings is 2. The smallest absolute Gasteiger partial charge is 0.350 e. The predicted molar refractivity (Wildman–Crippen MR) is 132 cm³/mol. The SMILES string of the molecule is CCOC(=O)c1sc(N2C(=O)C(=O)C(=C(O)c3ccc(F)cc3)C2c2cccc(OCC)c2)nc1C. The third-order valence-corrected chi connectivity index (χ3v) is 6.64. The molecular weight excluding hydrogens is 487 g/mol. The Morgan fingerprint density at radius 1 is 1.14 bits per heavy atom. The minimum atomic E-state index is -1.07. The van der Waals surface area contributed by atoms with Gasteiger partial charge in [0.15, 0.2) is 5.13 Å². The van der Waals surface area contributed by atoms with Gasteiger partial charge < -0.3 is 14.6 Å². The summed E-state index contributed by atoms with van der Waals surface area (Å²) in [5.41, 5.74) is 0.804. The maximum Gasteiger partial charge on any atom is 0.350 e. The number of aliphatic hydroxyl groups is 1. The van der Waals surface area contributed by atoms with Gasteiger partial charge in [-0.1, -0.05) is 23.5 Å². The highest BCUT2D eigenvalue weighted by Gasteiger charge is 2.48. The first-order chi connectivity index (χ1) is 17.3. The third kappa shape index (κ3) is 4.59. The zero-order valence-electron chi connectivity index (χ0n) is 19.8. The monoisotopic (exact) mass is 510 g/mol. The minimum Gasteiger partial charge on any atom is -0.507 e. The number of ether oxygens (including phenoxy) is 2. The fraction of sp³-hybridized carbons (Fsp3) is 0.231. The van der Waals surface area contributed by atoms with Crippen LogP contribution in [0.2, 0.25) is 0 Å². The molecule has 3 aromatic rings. The maximum atomic E-state index is 13.5. The van der Waals surface area contributed by atoms with Crippen molar-refractivity contribution in [2.45, 2.75) is 26.8 Å². The van der Waals surface area contributed by atoms with Gasteiger partial charge in [-0.2, -0.15) is 0 Å². The number of hydrogen-bond donors (Lipinski definition) is 1. The molecule has 2 aromatic carbocycles. The van der Waals surface area contributed by atoms with Crippen LogP contribution >= 0.6 is 11.3 Å². The molecule has 0 aliphatic carbocycles. The number of carbonyl (C=O) groups is 3. The Hall–Kier alpha value is -4.05. The molecule has 1 atom stereocenters. The van der Waals surface area contributed by atoms with E-state index in [9.17, 15) is 23.9 Å². The second-order valence-corrected chi connectivity index (χ2v) is 8.79. The number of carbonyl (C=O) groups excluding carboxylic acids is 3. The summed E-state index contributed by atoms with van der Waals surface area (Å²) in [6.45, 7) is 5.66. The molecule has 1 aliphatic rings. The zero-order chi connectivity index (χ0) is 26.0. The average Bonchev–Trinajstić information content (AvgIpc) is 3.36. The number of thiazole rings is 1. The number of aromatic nitrogens is 1. The average molecular weight is 511 g/mol. The maximum absolute atomic E-state index is 13.5. The number of nitrogens with zero attached hydrogens (tertiary/aromatic N) is 2. The Balaban J connectivity index is 1.91. The Kier molecular flexibility index (Phi) is 7.16. The molecule has 0 bridgehead atoms. The van der Waals surface area contributed by atoms with E-state index in [1.807, 2.05) is 6.92 Å². The molecule has 1 aliphatic heterocycles. The summed E-state index contributed by atoms with van der Waals surface area (Å²) in [5.74, 6) is -2.91. The molecule has 10 heteroatoms. The summed E-state index contributed by atoms with van der Waals surface area (Å²) in [6, 6.07) is 10.6. The number of anilines is 1. The Bertz CT molecular complexity index is 1370. The normalized spacial score (nSPS) is 16.9. The number of rotatable bonds is 7. The lowest BCUT2D eigenvalue weighted by atomic mass is 9.95. The summed E-state index contributed by atoms with van der Waals surface area (Å²) in [6.07, 6.45) is 0. The van der Waals surface area contributed by atoms with Crippen LogP contribution in [-0.4, -0.2) is 41.0 Å². The summed E-state index contributed by atoms with van der Waals surface area (Å²) >= 11 is 0.917. The van der Waals surface area contributed by atoms with Crippen molar-refractivity contribution in [1.82, 2.24) is 4.98 Å². The number of halogens is 1. The predicted octanol–water partition coefficient (Wildman–Crippen LogP) is 4.79. The molecule has 36 heavy (non-hydrogen) atoms. The van der Waals surface area contributed by atoms with Gasteiger partial charge in [-0.25, -0.2) is 14.2 Å². The minimum absolute atomic E-state index is 0.0997. The fourth-order valence-corrected chi connectivity index (χ4v) is 4.91. The Morgan fingerprint density at radius 2 is 1.86 bits per heavy atom.